The number of nitrogens with zero attached hydrogens (tertiary/aromatic N) is 11. The summed E-state index contributed by atoms with van der Waals surface area (Å²) < 4.78 is 1.32. The minimum atomic E-state index is -1.91. The van der Waals surface area contributed by atoms with Gasteiger partial charge in [-0.3, -0.25) is 96.3 Å². The average Bonchev–Trinajstić information content (AvgIpc) is 1.22. The van der Waals surface area contributed by atoms with Gasteiger partial charge in [0.1, 0.15) is 60.4 Å². The van der Waals surface area contributed by atoms with Crippen molar-refractivity contribution in [3.05, 3.63) is 136 Å². The molecule has 0 radical (unpaired) electrons. The van der Waals surface area contributed by atoms with Gasteiger partial charge in [0.2, 0.25) is 70.9 Å². The molecule has 11 atom stereocenters. The number of aromatic nitrogens is 11. The molecule has 0 spiro atoms. The van der Waals surface area contributed by atoms with Crippen LogP contribution in [0.2, 0.25) is 0 Å². The number of aliphatic carboxylic acids is 4. The number of H-pyrrole nitrogens is 3. The normalized spacial score (nSPS) is 19.8. The quantitative estimate of drug-likeness (QED) is 0.0162. The van der Waals surface area contributed by atoms with E-state index in [1.54, 1.807) is 40.1 Å². The molecule has 0 aliphatic carbocycles. The van der Waals surface area contributed by atoms with Gasteiger partial charge in [-0.05, 0) is 88.6 Å². The third-order valence-electron chi connectivity index (χ3n) is 21.6. The summed E-state index contributed by atoms with van der Waals surface area (Å²) in [5, 5.41) is 106. The van der Waals surface area contributed by atoms with E-state index in [4.69, 9.17) is 5.73 Å². The van der Waals surface area contributed by atoms with E-state index in [9.17, 15) is 112 Å². The molecule has 2 aromatic carbocycles. The summed E-state index contributed by atoms with van der Waals surface area (Å²) in [6.07, 6.45) is 3.75. The number of nitrogens with one attached hydrogen (secondary N) is 17. The van der Waals surface area contributed by atoms with Gasteiger partial charge in [-0.2, -0.15) is 4.98 Å². The number of benzene rings is 2. The highest BCUT2D eigenvalue weighted by atomic mass is 16.4. The van der Waals surface area contributed by atoms with Crippen LogP contribution in [0.15, 0.2) is 96.8 Å². The Balaban J connectivity index is 0.881. The molecule has 52 nitrogen and oxygen atoms in total. The van der Waals surface area contributed by atoms with E-state index in [1.165, 1.54) is 73.3 Å². The third kappa shape index (κ3) is 34.7. The van der Waals surface area contributed by atoms with E-state index >= 15 is 0 Å². The van der Waals surface area contributed by atoms with Crippen LogP contribution in [0.1, 0.15) is 104 Å². The predicted molar refractivity (Wildman–Crippen MR) is 473 cm³/mol. The van der Waals surface area contributed by atoms with E-state index in [2.05, 4.69) is 125 Å². The first kappa shape index (κ1) is 104. The van der Waals surface area contributed by atoms with Crippen molar-refractivity contribution >= 4 is 118 Å². The Labute approximate surface area is 770 Å². The highest BCUT2D eigenvalue weighted by Crippen LogP contribution is 2.17. The molecule has 12 amide bonds. The zero-order valence-corrected chi connectivity index (χ0v) is 73.9. The highest BCUT2D eigenvalue weighted by molar-refractivity contribution is 6.00. The molecule has 52 heteroatoms. The Morgan fingerprint density at radius 1 is 0.607 bits per heavy atom. The lowest BCUT2D eigenvalue weighted by Gasteiger charge is -2.30. The SMILES string of the molecule is C[C@H](O)[C@H]1NC(=O)[C@@H](Cc2cnc[nH]2)NC(=O)[C@@H](CO)NC(=O)[C@@H](Cc2cnc[nH]2)NC(=O)[C@@H](NC(=O)CC[C@H](NC(=O)c2ccc(NCc3cnc4nc(N)[nH]c(=O)c4n3)cc2)C(=O)O)Cc2cn(nn2)CCCC[C@@H](C(=O)NCC(=O)N[C@@H](Cc2ccccc2)C(=O)N[C@@H](CCCCNC(=O)CN2CCNCCN(CC(=O)O)CCN(CC(=O)O)CC2)C(=O)O)NC(=O)[C@@H](C)NC1=O. The van der Waals surface area contributed by atoms with Crippen LogP contribution >= 0.6 is 0 Å². The molecule has 135 heavy (non-hydrogen) atoms. The summed E-state index contributed by atoms with van der Waals surface area (Å²) in [6.45, 7) is 2.80. The van der Waals surface area contributed by atoms with E-state index < -0.39 is 206 Å². The largest absolute Gasteiger partial charge is 0.480 e. The first-order valence-corrected chi connectivity index (χ1v) is 43.5. The number of unbranched alkanes of at least 4 members (excludes halogenated alkanes) is 1. The zero-order chi connectivity index (χ0) is 97.6. The number of aliphatic hydroxyl groups is 2. The number of amides is 12. The molecule has 1 saturated heterocycles. The average molecular weight is 1880 g/mol. The molecule has 0 saturated carbocycles. The minimum absolute atomic E-state index is 0.00475. The van der Waals surface area contributed by atoms with Crippen molar-refractivity contribution in [1.82, 2.24) is 139 Å². The Morgan fingerprint density at radius 2 is 1.22 bits per heavy atom. The van der Waals surface area contributed by atoms with Gasteiger partial charge < -0.3 is 121 Å². The fourth-order valence-electron chi connectivity index (χ4n) is 14.3. The number of hydrogen-bond acceptors (Lipinski definition) is 32. The zero-order valence-electron chi connectivity index (χ0n) is 73.9. The number of carbonyl (C=O) groups is 16. The number of fused-ring (bicyclic) bond motifs is 3. The molecule has 1 fully saturated rings. The Bertz CT molecular complexity index is 5280. The molecule has 0 unspecified atom stereocenters. The summed E-state index contributed by atoms with van der Waals surface area (Å²) in [6, 6.07) is -2.56. The van der Waals surface area contributed by atoms with Crippen molar-refractivity contribution in [2.45, 2.75) is 171 Å². The Morgan fingerprint density at radius 3 is 1.84 bits per heavy atom. The number of hydrogen-bond donors (Lipinski definition) is 24. The Hall–Kier alpha value is -14.9. The number of carboxylic acids is 4. The van der Waals surface area contributed by atoms with Crippen LogP contribution in [-0.4, -0.2) is 353 Å². The van der Waals surface area contributed by atoms with Crippen LogP contribution in [0.5, 0.6) is 0 Å². The van der Waals surface area contributed by atoms with E-state index in [0.717, 1.165) is 6.92 Å². The van der Waals surface area contributed by atoms with E-state index in [0.29, 0.717) is 56.2 Å². The molecule has 5 aromatic heterocycles. The van der Waals surface area contributed by atoms with Crippen molar-refractivity contribution < 1.29 is 107 Å². The van der Waals surface area contributed by atoms with Crippen molar-refractivity contribution in [3.8, 4) is 0 Å². The molecule has 2 aliphatic heterocycles. The summed E-state index contributed by atoms with van der Waals surface area (Å²) >= 11 is 0. The number of carbonyl (C=O) groups excluding carboxylic acids is 12. The lowest BCUT2D eigenvalue weighted by atomic mass is 10.0. The smallest absolute Gasteiger partial charge is 0.326 e. The van der Waals surface area contributed by atoms with Crippen LogP contribution in [-0.2, 0) is 111 Å². The third-order valence-corrected chi connectivity index (χ3v) is 21.6. The number of aliphatic hydroxyl groups excluding tert-OH is 2. The van der Waals surface area contributed by atoms with Gasteiger partial charge in [-0.25, -0.2) is 29.5 Å². The summed E-state index contributed by atoms with van der Waals surface area (Å²) in [4.78, 5) is 265. The number of imidazole rings is 2. The molecule has 728 valence electrons. The second kappa shape index (κ2) is 52.4. The number of rotatable bonds is 36. The maximum atomic E-state index is 14.9. The van der Waals surface area contributed by atoms with Crippen molar-refractivity contribution in [3.63, 3.8) is 0 Å². The molecule has 2 bridgehead atoms. The maximum absolute atomic E-state index is 14.9. The fraction of sp³-hybridized carbons (Fsp3) is 0.494. The molecular weight excluding hydrogens is 1770 g/mol. The van der Waals surface area contributed by atoms with Gasteiger partial charge in [0.25, 0.3) is 11.5 Å². The van der Waals surface area contributed by atoms with Crippen LogP contribution in [0.25, 0.3) is 11.2 Å². The van der Waals surface area contributed by atoms with Gasteiger partial charge in [0.05, 0.1) is 75.7 Å². The highest BCUT2D eigenvalue weighted by Gasteiger charge is 2.38. The second-order valence-electron chi connectivity index (χ2n) is 32.2. The van der Waals surface area contributed by atoms with Crippen molar-refractivity contribution in [2.75, 3.05) is 103 Å². The number of aryl methyl sites for hydroxylation is 1. The van der Waals surface area contributed by atoms with Crippen molar-refractivity contribution in [2.24, 2.45) is 0 Å². The molecular formula is C83H113N29O23. The number of nitrogens with two attached hydrogens (primary N) is 1. The molecule has 25 N–H and O–H groups in total. The Kier molecular flexibility index (Phi) is 40.3. The van der Waals surface area contributed by atoms with Crippen LogP contribution in [0, 0.1) is 0 Å². The number of aromatic amines is 3. The fourth-order valence-corrected chi connectivity index (χ4v) is 14.3. The predicted octanol–water partition coefficient (Wildman–Crippen LogP) is -8.02. The van der Waals surface area contributed by atoms with Crippen LogP contribution in [0.3, 0.4) is 0 Å². The minimum Gasteiger partial charge on any atom is -0.480 e. The molecule has 9 rings (SSSR count). The van der Waals surface area contributed by atoms with Crippen LogP contribution < -0.4 is 85.7 Å². The second-order valence-corrected chi connectivity index (χ2v) is 32.2. The van der Waals surface area contributed by atoms with Gasteiger partial charge in [-0.1, -0.05) is 35.5 Å². The van der Waals surface area contributed by atoms with Crippen LogP contribution in [0.4, 0.5) is 11.6 Å². The van der Waals surface area contributed by atoms with Gasteiger partial charge in [0, 0.05) is 139 Å². The lowest BCUT2D eigenvalue weighted by Crippen LogP contribution is -2.62. The molecule has 7 aromatic rings. The van der Waals surface area contributed by atoms with E-state index in [-0.39, 0.29) is 143 Å². The lowest BCUT2D eigenvalue weighted by molar-refractivity contribution is -0.142. The topological polar surface area (TPSA) is 758 Å². The van der Waals surface area contributed by atoms with E-state index in [1.807, 2.05) is 4.90 Å². The number of nitrogen functional groups attached to an aromatic ring is 1. The van der Waals surface area contributed by atoms with Crippen molar-refractivity contribution in [1.29, 1.82) is 0 Å². The van der Waals surface area contributed by atoms with Gasteiger partial charge in [0.15, 0.2) is 11.2 Å². The van der Waals surface area contributed by atoms with Gasteiger partial charge >= 0.3 is 23.9 Å². The number of carboxylic acid groups (broad SMARTS) is 4. The summed E-state index contributed by atoms with van der Waals surface area (Å²) in [5.74, 6) is -16.9. The monoisotopic (exact) mass is 1880 g/mol. The maximum Gasteiger partial charge on any atom is 0.326 e. The molecule has 7 heterocycles. The molecule has 2 aliphatic rings. The first-order valence-electron chi connectivity index (χ1n) is 43.5. The van der Waals surface area contributed by atoms with Gasteiger partial charge in [-0.15, -0.1) is 5.10 Å². The summed E-state index contributed by atoms with van der Waals surface area (Å²) in [7, 11) is 0. The number of anilines is 2. The first-order chi connectivity index (χ1) is 64.6. The summed E-state index contributed by atoms with van der Waals surface area (Å²) in [5.41, 5.74) is 6.85. The standard InChI is InChI=1S/C83H113N29O23/c1-46-71(122)98-55(73(124)91-38-64(116)97-58(30-48-10-4-3-5-11-48)74(125)100-56(81(132)133)13-6-8-20-88-65(117)40-109-24-21-85-22-25-110(41-66(118)119)27-29-111(28-26-109)42-67(120)121)12-7-9-23-112-39-53(107-108-112)33-59(96-63(115)19-18-57(82(134)135)99-72(123)49-14-16-50(17-15-49)89-36-54-37-90-70-69(95-54)80(131)106-83(84)105-70)75(126)101-60(31-51-34-86-44-92-51)76(127)103-62(43-113)78(129)102-61(32-52-35-87-45-93-52)77(128)104-68(47(2)114)79(130)94-46/h3-5,10-11,14-17,34-35,37,39,44-47,55-62,68,85,89,113-114H,6-9,12-13,18-33,36,38,40-43H2,1-2H3,(H,86,92)(H,87,93)(H,88,117)(H,91,124)(H,94,130)(H,96,115)(H,97,116)(H,98,122)(H,99,123)(H,100,125)(H,101,126)(H,102,129)(H,103,127)(H,104,128)(H,118,119)(H,120,121)(H,132,133)(H,134,135)(H3,84,90,105,106,131)/t46-,47+,55+,56+,57+,58+,59+,60-,61-,62-,68-/m1/s1.